The summed E-state index contributed by atoms with van der Waals surface area (Å²) < 4.78 is 0. The lowest BCUT2D eigenvalue weighted by Crippen LogP contribution is -2.05. The molecule has 0 unspecified atom stereocenters. The maximum Gasteiger partial charge on any atom is 0.0823 e. The summed E-state index contributed by atoms with van der Waals surface area (Å²) in [6.07, 6.45) is 0.903. The standard InChI is InChI=1S/C14H12Cl3N/c15-11-6-4-10(5-7-11)8-9-18-13-3-1-2-12(16)14(13)17/h1-7,18H,8-9H2. The van der Waals surface area contributed by atoms with Gasteiger partial charge in [-0.3, -0.25) is 0 Å². The molecule has 0 aliphatic carbocycles. The predicted octanol–water partition coefficient (Wildman–Crippen LogP) is 5.30. The zero-order chi connectivity index (χ0) is 13.0. The summed E-state index contributed by atoms with van der Waals surface area (Å²) in [5, 5.41) is 5.15. The van der Waals surface area contributed by atoms with E-state index in [2.05, 4.69) is 5.32 Å². The molecule has 0 aliphatic rings. The molecule has 1 nitrogen and oxygen atoms in total. The van der Waals surface area contributed by atoms with Crippen molar-refractivity contribution in [1.82, 2.24) is 0 Å². The lowest BCUT2D eigenvalue weighted by atomic mass is 10.1. The van der Waals surface area contributed by atoms with Crippen molar-refractivity contribution < 1.29 is 0 Å². The van der Waals surface area contributed by atoms with Crippen LogP contribution in [-0.4, -0.2) is 6.54 Å². The summed E-state index contributed by atoms with van der Waals surface area (Å²) in [4.78, 5) is 0. The second kappa shape index (κ2) is 6.33. The second-order valence-electron chi connectivity index (χ2n) is 3.90. The third-order valence-electron chi connectivity index (χ3n) is 2.59. The molecule has 0 heterocycles. The van der Waals surface area contributed by atoms with Crippen molar-refractivity contribution in [1.29, 1.82) is 0 Å². The SMILES string of the molecule is Clc1ccc(CCNc2cccc(Cl)c2Cl)cc1. The molecule has 0 saturated heterocycles. The number of nitrogens with one attached hydrogen (secondary N) is 1. The van der Waals surface area contributed by atoms with Crippen LogP contribution < -0.4 is 5.32 Å². The van der Waals surface area contributed by atoms with Crippen LogP contribution in [-0.2, 0) is 6.42 Å². The normalized spacial score (nSPS) is 10.4. The molecule has 0 bridgehead atoms. The molecule has 0 fully saturated rings. The lowest BCUT2D eigenvalue weighted by Gasteiger charge is -2.09. The van der Waals surface area contributed by atoms with E-state index < -0.39 is 0 Å². The zero-order valence-electron chi connectivity index (χ0n) is 9.59. The topological polar surface area (TPSA) is 12.0 Å². The Morgan fingerprint density at radius 2 is 1.61 bits per heavy atom. The van der Waals surface area contributed by atoms with Gasteiger partial charge in [-0.1, -0.05) is 53.0 Å². The van der Waals surface area contributed by atoms with Gasteiger partial charge >= 0.3 is 0 Å². The fourth-order valence-electron chi connectivity index (χ4n) is 1.63. The molecule has 94 valence electrons. The van der Waals surface area contributed by atoms with Crippen LogP contribution in [0.25, 0.3) is 0 Å². The Balaban J connectivity index is 1.92. The predicted molar refractivity (Wildman–Crippen MR) is 80.1 cm³/mol. The van der Waals surface area contributed by atoms with Gasteiger partial charge in [0.2, 0.25) is 0 Å². The molecule has 4 heteroatoms. The molecule has 2 rings (SSSR count). The van der Waals surface area contributed by atoms with E-state index >= 15 is 0 Å². The maximum atomic E-state index is 6.08. The molecule has 2 aromatic rings. The molecule has 0 atom stereocenters. The van der Waals surface area contributed by atoms with E-state index in [0.29, 0.717) is 10.0 Å². The molecule has 0 radical (unpaired) electrons. The highest BCUT2D eigenvalue weighted by atomic mass is 35.5. The van der Waals surface area contributed by atoms with Crippen molar-refractivity contribution in [2.75, 3.05) is 11.9 Å². The minimum atomic E-state index is 0.563. The third-order valence-corrected chi connectivity index (χ3v) is 3.66. The molecule has 0 amide bonds. The highest BCUT2D eigenvalue weighted by Crippen LogP contribution is 2.29. The first kappa shape index (κ1) is 13.5. The summed E-state index contributed by atoms with van der Waals surface area (Å²) in [5.74, 6) is 0. The van der Waals surface area contributed by atoms with Crippen molar-refractivity contribution in [3.8, 4) is 0 Å². The van der Waals surface area contributed by atoms with Gasteiger partial charge in [-0.25, -0.2) is 0 Å². The number of halogens is 3. The first-order chi connectivity index (χ1) is 8.66. The molecule has 1 N–H and O–H groups in total. The number of anilines is 1. The van der Waals surface area contributed by atoms with E-state index in [9.17, 15) is 0 Å². The Kier molecular flexibility index (Phi) is 4.76. The molecule has 0 aliphatic heterocycles. The van der Waals surface area contributed by atoms with Crippen molar-refractivity contribution >= 4 is 40.5 Å². The second-order valence-corrected chi connectivity index (χ2v) is 5.13. The van der Waals surface area contributed by atoms with E-state index in [1.165, 1.54) is 5.56 Å². The van der Waals surface area contributed by atoms with Crippen LogP contribution in [0.15, 0.2) is 42.5 Å². The lowest BCUT2D eigenvalue weighted by molar-refractivity contribution is 1.02. The summed E-state index contributed by atoms with van der Waals surface area (Å²) in [6, 6.07) is 13.4. The summed E-state index contributed by atoms with van der Waals surface area (Å²) >= 11 is 17.9. The van der Waals surface area contributed by atoms with Gasteiger partial charge in [0.1, 0.15) is 0 Å². The monoisotopic (exact) mass is 299 g/mol. The highest BCUT2D eigenvalue weighted by Gasteiger charge is 2.03. The van der Waals surface area contributed by atoms with Gasteiger partial charge in [-0.15, -0.1) is 0 Å². The fraction of sp³-hybridized carbons (Fsp3) is 0.143. The Morgan fingerprint density at radius 1 is 0.889 bits per heavy atom. The van der Waals surface area contributed by atoms with Crippen LogP contribution in [0.1, 0.15) is 5.56 Å². The highest BCUT2D eigenvalue weighted by molar-refractivity contribution is 6.43. The van der Waals surface area contributed by atoms with Crippen LogP contribution in [0.2, 0.25) is 15.1 Å². The Hall–Kier alpha value is -0.890. The van der Waals surface area contributed by atoms with Crippen molar-refractivity contribution in [2.24, 2.45) is 0 Å². The Bertz CT molecular complexity index is 523. The molecular formula is C14H12Cl3N. The van der Waals surface area contributed by atoms with Crippen LogP contribution in [0.5, 0.6) is 0 Å². The van der Waals surface area contributed by atoms with Gasteiger partial charge in [0, 0.05) is 11.6 Å². The fourth-order valence-corrected chi connectivity index (χ4v) is 2.13. The molecule has 0 spiro atoms. The summed E-state index contributed by atoms with van der Waals surface area (Å²) in [6.45, 7) is 0.793. The number of hydrogen-bond donors (Lipinski definition) is 1. The first-order valence-corrected chi connectivity index (χ1v) is 6.72. The minimum Gasteiger partial charge on any atom is -0.383 e. The quantitative estimate of drug-likeness (QED) is 0.807. The van der Waals surface area contributed by atoms with E-state index in [-0.39, 0.29) is 0 Å². The van der Waals surface area contributed by atoms with Gasteiger partial charge in [0.05, 0.1) is 15.7 Å². The van der Waals surface area contributed by atoms with Crippen LogP contribution >= 0.6 is 34.8 Å². The number of hydrogen-bond acceptors (Lipinski definition) is 1. The molecule has 2 aromatic carbocycles. The van der Waals surface area contributed by atoms with Gasteiger partial charge < -0.3 is 5.32 Å². The van der Waals surface area contributed by atoms with Gasteiger partial charge in [-0.05, 0) is 36.2 Å². The van der Waals surface area contributed by atoms with Crippen LogP contribution in [0, 0.1) is 0 Å². The van der Waals surface area contributed by atoms with Crippen LogP contribution in [0.3, 0.4) is 0 Å². The van der Waals surface area contributed by atoms with Gasteiger partial charge in [0.15, 0.2) is 0 Å². The van der Waals surface area contributed by atoms with E-state index in [0.717, 1.165) is 23.7 Å². The molecule has 18 heavy (non-hydrogen) atoms. The Labute approximate surface area is 122 Å². The summed E-state index contributed by atoms with van der Waals surface area (Å²) in [5.41, 5.74) is 2.09. The Morgan fingerprint density at radius 3 is 2.33 bits per heavy atom. The van der Waals surface area contributed by atoms with Gasteiger partial charge in [0.25, 0.3) is 0 Å². The first-order valence-electron chi connectivity index (χ1n) is 5.59. The van der Waals surface area contributed by atoms with E-state index in [1.807, 2.05) is 36.4 Å². The minimum absolute atomic E-state index is 0.563. The average molecular weight is 301 g/mol. The van der Waals surface area contributed by atoms with E-state index in [4.69, 9.17) is 34.8 Å². The maximum absolute atomic E-state index is 6.08. The third kappa shape index (κ3) is 3.55. The van der Waals surface area contributed by atoms with Crippen molar-refractivity contribution in [3.05, 3.63) is 63.1 Å². The van der Waals surface area contributed by atoms with Crippen LogP contribution in [0.4, 0.5) is 5.69 Å². The largest absolute Gasteiger partial charge is 0.383 e. The van der Waals surface area contributed by atoms with E-state index in [1.54, 1.807) is 6.07 Å². The van der Waals surface area contributed by atoms with Crippen molar-refractivity contribution in [3.63, 3.8) is 0 Å². The summed E-state index contributed by atoms with van der Waals surface area (Å²) in [7, 11) is 0. The smallest absolute Gasteiger partial charge is 0.0823 e. The molecule has 0 saturated carbocycles. The van der Waals surface area contributed by atoms with Gasteiger partial charge in [-0.2, -0.15) is 0 Å². The zero-order valence-corrected chi connectivity index (χ0v) is 11.9. The number of benzene rings is 2. The molecular weight excluding hydrogens is 289 g/mol. The average Bonchev–Trinajstić information content (AvgIpc) is 2.37. The van der Waals surface area contributed by atoms with Crippen molar-refractivity contribution in [2.45, 2.75) is 6.42 Å². The molecule has 0 aromatic heterocycles. The number of rotatable bonds is 4.